The van der Waals surface area contributed by atoms with Gasteiger partial charge in [0.25, 0.3) is 0 Å². The summed E-state index contributed by atoms with van der Waals surface area (Å²) in [7, 11) is 0.951. The van der Waals surface area contributed by atoms with Crippen LogP contribution in [0.25, 0.3) is 0 Å². The van der Waals surface area contributed by atoms with E-state index in [1.807, 2.05) is 27.7 Å². The molecule has 0 amide bonds. The Bertz CT molecular complexity index is 479. The number of aryl methyl sites for hydroxylation is 1. The zero-order valence-electron chi connectivity index (χ0n) is 11.2. The van der Waals surface area contributed by atoms with Gasteiger partial charge in [-0.25, -0.2) is 4.79 Å². The highest BCUT2D eigenvalue weighted by Gasteiger charge is 2.52. The van der Waals surface area contributed by atoms with Crippen LogP contribution < -0.4 is 5.59 Å². The molecule has 0 aliphatic carbocycles. The minimum absolute atomic E-state index is 0.111. The van der Waals surface area contributed by atoms with Crippen LogP contribution in [0.15, 0.2) is 6.07 Å². The standard InChI is InChI=1S/C11H17BN2O4/c1-10(2)11(3,4)18-12(17-10)8-6-7(9(15)16)14(5)13-8/h6H,1-5H3,(H,15,16). The average Bonchev–Trinajstić information content (AvgIpc) is 2.66. The summed E-state index contributed by atoms with van der Waals surface area (Å²) in [6.45, 7) is 7.75. The van der Waals surface area contributed by atoms with E-state index in [2.05, 4.69) is 5.10 Å². The number of hydrogen-bond donors (Lipinski definition) is 1. The fraction of sp³-hybridized carbons (Fsp3) is 0.636. The van der Waals surface area contributed by atoms with Crippen LogP contribution >= 0.6 is 0 Å². The molecule has 0 atom stereocenters. The van der Waals surface area contributed by atoms with E-state index < -0.39 is 24.3 Å². The smallest absolute Gasteiger partial charge is 0.477 e. The molecule has 0 saturated carbocycles. The van der Waals surface area contributed by atoms with Gasteiger partial charge in [0.1, 0.15) is 5.69 Å². The van der Waals surface area contributed by atoms with Crippen LogP contribution in [-0.4, -0.2) is 39.2 Å². The second-order valence-electron chi connectivity index (χ2n) is 5.47. The number of hydrogen-bond acceptors (Lipinski definition) is 4. The van der Waals surface area contributed by atoms with Crippen LogP contribution in [0.1, 0.15) is 38.2 Å². The van der Waals surface area contributed by atoms with Gasteiger partial charge in [0.05, 0.1) is 16.8 Å². The normalized spacial score (nSPS) is 21.3. The number of carboxylic acid groups (broad SMARTS) is 1. The van der Waals surface area contributed by atoms with E-state index in [1.54, 1.807) is 7.05 Å². The van der Waals surface area contributed by atoms with Crippen molar-refractivity contribution in [3.63, 3.8) is 0 Å². The SMILES string of the molecule is Cn1nc(B2OC(C)(C)C(C)(C)O2)cc1C(=O)O. The number of aromatic carboxylic acids is 1. The van der Waals surface area contributed by atoms with Crippen molar-refractivity contribution in [2.45, 2.75) is 38.9 Å². The molecular weight excluding hydrogens is 235 g/mol. The highest BCUT2D eigenvalue weighted by Crippen LogP contribution is 2.36. The quantitative estimate of drug-likeness (QED) is 0.772. The van der Waals surface area contributed by atoms with Crippen molar-refractivity contribution in [1.82, 2.24) is 9.78 Å². The van der Waals surface area contributed by atoms with Gasteiger partial charge >= 0.3 is 13.1 Å². The molecule has 6 nitrogen and oxygen atoms in total. The molecule has 1 saturated heterocycles. The van der Waals surface area contributed by atoms with Crippen molar-refractivity contribution in [3.8, 4) is 0 Å². The summed E-state index contributed by atoms with van der Waals surface area (Å²) in [5, 5.41) is 13.1. The van der Waals surface area contributed by atoms with E-state index in [9.17, 15) is 4.79 Å². The van der Waals surface area contributed by atoms with Crippen molar-refractivity contribution >= 4 is 18.7 Å². The van der Waals surface area contributed by atoms with E-state index in [-0.39, 0.29) is 5.69 Å². The molecule has 0 bridgehead atoms. The molecule has 98 valence electrons. The Morgan fingerprint density at radius 2 is 1.83 bits per heavy atom. The minimum atomic E-state index is -1.02. The van der Waals surface area contributed by atoms with Crippen molar-refractivity contribution < 1.29 is 19.2 Å². The number of aromatic nitrogens is 2. The summed E-state index contributed by atoms with van der Waals surface area (Å²) in [5.74, 6) is -1.02. The Kier molecular flexibility index (Phi) is 2.79. The average molecular weight is 252 g/mol. The summed E-state index contributed by atoms with van der Waals surface area (Å²) >= 11 is 0. The molecule has 0 aromatic carbocycles. The maximum absolute atomic E-state index is 11.0. The molecule has 0 unspecified atom stereocenters. The summed E-state index contributed by atoms with van der Waals surface area (Å²) in [5.41, 5.74) is -0.329. The van der Waals surface area contributed by atoms with Gasteiger partial charge in [0.15, 0.2) is 0 Å². The second kappa shape index (κ2) is 3.83. The second-order valence-corrected chi connectivity index (χ2v) is 5.47. The third kappa shape index (κ3) is 1.93. The molecule has 1 aromatic rings. The Morgan fingerprint density at radius 1 is 1.33 bits per heavy atom. The van der Waals surface area contributed by atoms with Gasteiger partial charge in [-0.05, 0) is 33.8 Å². The van der Waals surface area contributed by atoms with E-state index in [1.165, 1.54) is 10.7 Å². The Labute approximate surface area is 106 Å². The molecule has 0 radical (unpaired) electrons. The van der Waals surface area contributed by atoms with E-state index >= 15 is 0 Å². The maximum atomic E-state index is 11.0. The molecule has 2 heterocycles. The molecule has 1 aliphatic heterocycles. The molecule has 1 fully saturated rings. The predicted molar refractivity (Wildman–Crippen MR) is 65.9 cm³/mol. The van der Waals surface area contributed by atoms with Gasteiger partial charge in [-0.1, -0.05) is 0 Å². The molecule has 1 aliphatic rings. The predicted octanol–water partition coefficient (Wildman–Crippen LogP) is 0.417. The van der Waals surface area contributed by atoms with Crippen LogP contribution in [-0.2, 0) is 16.4 Å². The first-order chi connectivity index (χ1) is 8.14. The van der Waals surface area contributed by atoms with E-state index in [4.69, 9.17) is 14.4 Å². The van der Waals surface area contributed by atoms with Crippen LogP contribution in [0.2, 0.25) is 0 Å². The summed E-state index contributed by atoms with van der Waals surface area (Å²) in [6, 6.07) is 1.48. The van der Waals surface area contributed by atoms with Crippen molar-refractivity contribution in [3.05, 3.63) is 11.8 Å². The van der Waals surface area contributed by atoms with Crippen molar-refractivity contribution in [2.24, 2.45) is 7.05 Å². The Balaban J connectivity index is 2.30. The van der Waals surface area contributed by atoms with Crippen LogP contribution in [0.3, 0.4) is 0 Å². The van der Waals surface area contributed by atoms with Gasteiger partial charge < -0.3 is 14.4 Å². The van der Waals surface area contributed by atoms with Gasteiger partial charge in [-0.15, -0.1) is 0 Å². The van der Waals surface area contributed by atoms with Crippen LogP contribution in [0, 0.1) is 0 Å². The monoisotopic (exact) mass is 252 g/mol. The zero-order chi connectivity index (χ0) is 13.7. The van der Waals surface area contributed by atoms with Gasteiger partial charge in [0.2, 0.25) is 0 Å². The Hall–Kier alpha value is -1.34. The van der Waals surface area contributed by atoms with Crippen LogP contribution in [0.4, 0.5) is 0 Å². The van der Waals surface area contributed by atoms with Crippen LogP contribution in [0.5, 0.6) is 0 Å². The lowest BCUT2D eigenvalue weighted by Gasteiger charge is -2.32. The first-order valence-electron chi connectivity index (χ1n) is 5.77. The minimum Gasteiger partial charge on any atom is -0.477 e. The number of carbonyl (C=O) groups is 1. The van der Waals surface area contributed by atoms with E-state index in [0.29, 0.717) is 5.59 Å². The molecule has 1 aromatic heterocycles. The summed E-state index contributed by atoms with van der Waals surface area (Å²) < 4.78 is 12.9. The van der Waals surface area contributed by atoms with Gasteiger partial charge in [-0.3, -0.25) is 4.68 Å². The topological polar surface area (TPSA) is 73.6 Å². The zero-order valence-corrected chi connectivity index (χ0v) is 11.2. The number of rotatable bonds is 2. The number of nitrogens with zero attached hydrogens (tertiary/aromatic N) is 2. The van der Waals surface area contributed by atoms with Crippen molar-refractivity contribution in [2.75, 3.05) is 0 Å². The fourth-order valence-corrected chi connectivity index (χ4v) is 1.77. The molecule has 0 spiro atoms. The lowest BCUT2D eigenvalue weighted by atomic mass is 9.85. The highest BCUT2D eigenvalue weighted by atomic mass is 16.7. The summed E-state index contributed by atoms with van der Waals surface area (Å²) in [4.78, 5) is 11.0. The lowest BCUT2D eigenvalue weighted by molar-refractivity contribution is 0.00578. The maximum Gasteiger partial charge on any atom is 0.516 e. The highest BCUT2D eigenvalue weighted by molar-refractivity contribution is 6.61. The fourth-order valence-electron chi connectivity index (χ4n) is 1.77. The first kappa shape index (κ1) is 13.1. The van der Waals surface area contributed by atoms with Gasteiger partial charge in [-0.2, -0.15) is 5.10 Å². The molecule has 18 heavy (non-hydrogen) atoms. The lowest BCUT2D eigenvalue weighted by Crippen LogP contribution is -2.41. The number of carboxylic acids is 1. The summed E-state index contributed by atoms with van der Waals surface area (Å²) in [6.07, 6.45) is 0. The van der Waals surface area contributed by atoms with Crippen molar-refractivity contribution in [1.29, 1.82) is 0 Å². The third-order valence-electron chi connectivity index (χ3n) is 3.61. The molecule has 2 rings (SSSR count). The third-order valence-corrected chi connectivity index (χ3v) is 3.61. The molecular formula is C11H17BN2O4. The largest absolute Gasteiger partial charge is 0.516 e. The first-order valence-corrected chi connectivity index (χ1v) is 5.77. The van der Waals surface area contributed by atoms with Gasteiger partial charge in [0, 0.05) is 7.05 Å². The molecule has 7 heteroatoms. The Morgan fingerprint density at radius 3 is 2.22 bits per heavy atom. The van der Waals surface area contributed by atoms with E-state index in [0.717, 1.165) is 0 Å². The molecule has 1 N–H and O–H groups in total.